The van der Waals surface area contributed by atoms with E-state index in [-0.39, 0.29) is 5.91 Å². The first-order chi connectivity index (χ1) is 13.0. The molecule has 0 aliphatic carbocycles. The van der Waals surface area contributed by atoms with E-state index >= 15 is 0 Å². The van der Waals surface area contributed by atoms with Gasteiger partial charge in [-0.25, -0.2) is 4.98 Å². The zero-order valence-electron chi connectivity index (χ0n) is 15.4. The Bertz CT molecular complexity index is 888. The number of hydrogen-bond donors (Lipinski definition) is 1. The molecule has 142 valence electrons. The van der Waals surface area contributed by atoms with Crippen molar-refractivity contribution in [2.75, 3.05) is 6.54 Å². The molecule has 0 fully saturated rings. The summed E-state index contributed by atoms with van der Waals surface area (Å²) in [5, 5.41) is 7.55. The lowest BCUT2D eigenvalue weighted by atomic mass is 10.1. The minimum atomic E-state index is -0.0320. The summed E-state index contributed by atoms with van der Waals surface area (Å²) < 4.78 is 7.30. The smallest absolute Gasteiger partial charge is 0.227 e. The first kappa shape index (κ1) is 19.1. The highest BCUT2D eigenvalue weighted by Crippen LogP contribution is 2.19. The van der Waals surface area contributed by atoms with Crippen LogP contribution >= 0.6 is 11.6 Å². The van der Waals surface area contributed by atoms with Gasteiger partial charge in [-0.15, -0.1) is 0 Å². The summed E-state index contributed by atoms with van der Waals surface area (Å²) in [4.78, 5) is 20.6. The minimum Gasteiger partial charge on any atom is -0.356 e. The van der Waals surface area contributed by atoms with Crippen LogP contribution < -0.4 is 5.32 Å². The van der Waals surface area contributed by atoms with Gasteiger partial charge in [0.2, 0.25) is 17.6 Å². The summed E-state index contributed by atoms with van der Waals surface area (Å²) in [6.07, 6.45) is 4.44. The third kappa shape index (κ3) is 5.40. The van der Waals surface area contributed by atoms with Crippen molar-refractivity contribution < 1.29 is 9.32 Å². The highest BCUT2D eigenvalue weighted by Gasteiger charge is 2.12. The van der Waals surface area contributed by atoms with Crippen molar-refractivity contribution in [3.63, 3.8) is 0 Å². The van der Waals surface area contributed by atoms with E-state index in [9.17, 15) is 4.79 Å². The van der Waals surface area contributed by atoms with Crippen LogP contribution in [0, 0.1) is 12.8 Å². The number of carbonyl (C=O) groups excluding carboxylic acids is 1. The van der Waals surface area contributed by atoms with Crippen LogP contribution in [0.4, 0.5) is 0 Å². The van der Waals surface area contributed by atoms with E-state index in [1.54, 1.807) is 18.3 Å². The fraction of sp³-hybridized carbons (Fsp3) is 0.368. The second-order valence-corrected chi connectivity index (χ2v) is 6.99. The summed E-state index contributed by atoms with van der Waals surface area (Å²) in [6, 6.07) is 7.19. The fourth-order valence-electron chi connectivity index (χ4n) is 2.67. The Morgan fingerprint density at radius 3 is 2.81 bits per heavy atom. The molecule has 1 aromatic carbocycles. The largest absolute Gasteiger partial charge is 0.356 e. The van der Waals surface area contributed by atoms with Gasteiger partial charge in [-0.05, 0) is 37.1 Å². The molecule has 2 aromatic heterocycles. The number of halogens is 1. The molecular weight excluding hydrogens is 366 g/mol. The maximum absolute atomic E-state index is 12.1. The lowest BCUT2D eigenvalue weighted by Crippen LogP contribution is -2.30. The molecule has 0 unspecified atom stereocenters. The van der Waals surface area contributed by atoms with Crippen molar-refractivity contribution in [2.24, 2.45) is 5.92 Å². The number of nitrogens with zero attached hydrogens (tertiary/aromatic N) is 4. The third-order valence-electron chi connectivity index (χ3n) is 4.22. The SMILES string of the molecule is Cc1nccn1C[C@@H](C)CNC(=O)CCc1nc(-c2ccc(Cl)cc2)no1. The Morgan fingerprint density at radius 1 is 1.33 bits per heavy atom. The van der Waals surface area contributed by atoms with Gasteiger partial charge in [0, 0.05) is 48.9 Å². The number of rotatable bonds is 8. The van der Waals surface area contributed by atoms with Gasteiger partial charge < -0.3 is 14.4 Å². The average molecular weight is 388 g/mol. The minimum absolute atomic E-state index is 0.0320. The lowest BCUT2D eigenvalue weighted by Gasteiger charge is -2.14. The van der Waals surface area contributed by atoms with Crippen LogP contribution in [0.2, 0.25) is 5.02 Å². The van der Waals surface area contributed by atoms with E-state index in [0.717, 1.165) is 17.9 Å². The first-order valence-corrected chi connectivity index (χ1v) is 9.22. The molecule has 0 radical (unpaired) electrons. The zero-order chi connectivity index (χ0) is 19.2. The number of amides is 1. The van der Waals surface area contributed by atoms with E-state index in [1.165, 1.54) is 0 Å². The van der Waals surface area contributed by atoms with E-state index < -0.39 is 0 Å². The lowest BCUT2D eigenvalue weighted by molar-refractivity contribution is -0.121. The number of aryl methyl sites for hydroxylation is 2. The Balaban J connectivity index is 1.43. The number of benzene rings is 1. The summed E-state index contributed by atoms with van der Waals surface area (Å²) >= 11 is 5.87. The Kier molecular flexibility index (Phi) is 6.24. The standard InChI is InChI=1S/C19H22ClN5O2/c1-13(12-25-10-9-21-14(25)2)11-22-17(26)7-8-18-23-19(24-27-18)15-3-5-16(20)6-4-15/h3-6,9-10,13H,7-8,11-12H2,1-2H3,(H,22,26)/t13-/m0/s1. The van der Waals surface area contributed by atoms with Gasteiger partial charge in [0.15, 0.2) is 0 Å². The second kappa shape index (κ2) is 8.81. The van der Waals surface area contributed by atoms with E-state index in [4.69, 9.17) is 16.1 Å². The predicted octanol–water partition coefficient (Wildman–Crippen LogP) is 3.28. The average Bonchev–Trinajstić information content (AvgIpc) is 3.28. The molecular formula is C19H22ClN5O2. The highest BCUT2D eigenvalue weighted by atomic mass is 35.5. The molecule has 7 nitrogen and oxygen atoms in total. The normalized spacial score (nSPS) is 12.1. The van der Waals surface area contributed by atoms with Gasteiger partial charge in [-0.2, -0.15) is 4.98 Å². The van der Waals surface area contributed by atoms with Crippen LogP contribution in [0.5, 0.6) is 0 Å². The van der Waals surface area contributed by atoms with Gasteiger partial charge in [0.25, 0.3) is 0 Å². The Hall–Kier alpha value is -2.67. The summed E-state index contributed by atoms with van der Waals surface area (Å²) in [6.45, 7) is 5.49. The van der Waals surface area contributed by atoms with Crippen molar-refractivity contribution in [1.82, 2.24) is 25.0 Å². The first-order valence-electron chi connectivity index (χ1n) is 8.84. The van der Waals surface area contributed by atoms with Crippen LogP contribution in [0.25, 0.3) is 11.4 Å². The number of hydrogen-bond acceptors (Lipinski definition) is 5. The topological polar surface area (TPSA) is 85.8 Å². The van der Waals surface area contributed by atoms with Crippen LogP contribution in [-0.2, 0) is 17.8 Å². The van der Waals surface area contributed by atoms with Crippen molar-refractivity contribution in [1.29, 1.82) is 0 Å². The Morgan fingerprint density at radius 2 is 2.11 bits per heavy atom. The van der Waals surface area contributed by atoms with Crippen LogP contribution in [0.1, 0.15) is 25.1 Å². The maximum atomic E-state index is 12.1. The second-order valence-electron chi connectivity index (χ2n) is 6.55. The van der Waals surface area contributed by atoms with Crippen molar-refractivity contribution in [3.05, 3.63) is 53.4 Å². The number of imidazole rings is 1. The third-order valence-corrected chi connectivity index (χ3v) is 4.47. The molecule has 2 heterocycles. The number of aromatic nitrogens is 4. The van der Waals surface area contributed by atoms with E-state index in [2.05, 4.69) is 31.9 Å². The quantitative estimate of drug-likeness (QED) is 0.641. The van der Waals surface area contributed by atoms with Crippen molar-refractivity contribution in [3.8, 4) is 11.4 Å². The molecule has 27 heavy (non-hydrogen) atoms. The van der Waals surface area contributed by atoms with Crippen LogP contribution in [0.15, 0.2) is 41.2 Å². The molecule has 3 rings (SSSR count). The number of nitrogens with one attached hydrogen (secondary N) is 1. The fourth-order valence-corrected chi connectivity index (χ4v) is 2.79. The molecule has 1 amide bonds. The summed E-state index contributed by atoms with van der Waals surface area (Å²) in [5.74, 6) is 2.18. The van der Waals surface area contributed by atoms with E-state index in [1.807, 2.05) is 25.3 Å². The number of carbonyl (C=O) groups is 1. The molecule has 0 spiro atoms. The van der Waals surface area contributed by atoms with Gasteiger partial charge in [0.1, 0.15) is 5.82 Å². The molecule has 1 N–H and O–H groups in total. The van der Waals surface area contributed by atoms with Gasteiger partial charge in [0.05, 0.1) is 0 Å². The molecule has 0 aliphatic heterocycles. The molecule has 1 atom stereocenters. The summed E-state index contributed by atoms with van der Waals surface area (Å²) in [5.41, 5.74) is 0.822. The van der Waals surface area contributed by atoms with E-state index in [0.29, 0.717) is 42.0 Å². The monoisotopic (exact) mass is 387 g/mol. The van der Waals surface area contributed by atoms with Gasteiger partial charge in [-0.1, -0.05) is 23.7 Å². The molecule has 3 aromatic rings. The molecule has 0 saturated carbocycles. The molecule has 0 saturated heterocycles. The maximum Gasteiger partial charge on any atom is 0.227 e. The molecule has 0 bridgehead atoms. The molecule has 8 heteroatoms. The van der Waals surface area contributed by atoms with Crippen molar-refractivity contribution in [2.45, 2.75) is 33.2 Å². The van der Waals surface area contributed by atoms with Crippen LogP contribution in [0.3, 0.4) is 0 Å². The zero-order valence-corrected chi connectivity index (χ0v) is 16.1. The van der Waals surface area contributed by atoms with Gasteiger partial charge in [-0.3, -0.25) is 4.79 Å². The highest BCUT2D eigenvalue weighted by molar-refractivity contribution is 6.30. The van der Waals surface area contributed by atoms with Crippen molar-refractivity contribution >= 4 is 17.5 Å². The molecule has 0 aliphatic rings. The summed E-state index contributed by atoms with van der Waals surface area (Å²) in [7, 11) is 0. The Labute approximate surface area is 162 Å². The van der Waals surface area contributed by atoms with Gasteiger partial charge >= 0.3 is 0 Å². The van der Waals surface area contributed by atoms with Crippen LogP contribution in [-0.4, -0.2) is 32.1 Å². The predicted molar refractivity (Wildman–Crippen MR) is 102 cm³/mol.